The predicted octanol–water partition coefficient (Wildman–Crippen LogP) is 1.21. The summed E-state index contributed by atoms with van der Waals surface area (Å²) < 4.78 is 1.65. The zero-order valence-electron chi connectivity index (χ0n) is 14.4. The van der Waals surface area contributed by atoms with E-state index in [1.807, 2.05) is 25.7 Å². The molecule has 1 saturated heterocycles. The molecule has 1 aliphatic rings. The molecule has 1 atom stereocenters. The van der Waals surface area contributed by atoms with Crippen molar-refractivity contribution in [2.24, 2.45) is 0 Å². The van der Waals surface area contributed by atoms with Crippen molar-refractivity contribution in [2.45, 2.75) is 52.5 Å². The second-order valence-corrected chi connectivity index (χ2v) is 6.25. The molecular formula is C16H24N6O2. The first-order valence-electron chi connectivity index (χ1n) is 8.55. The van der Waals surface area contributed by atoms with Crippen molar-refractivity contribution in [3.05, 3.63) is 33.3 Å². The lowest BCUT2D eigenvalue weighted by Crippen LogP contribution is -2.40. The summed E-state index contributed by atoms with van der Waals surface area (Å²) in [7, 11) is 0. The van der Waals surface area contributed by atoms with Crippen LogP contribution in [0.25, 0.3) is 0 Å². The number of amides is 1. The molecule has 2 aromatic heterocycles. The summed E-state index contributed by atoms with van der Waals surface area (Å²) >= 11 is 0. The van der Waals surface area contributed by atoms with Gasteiger partial charge in [0.2, 0.25) is 0 Å². The quantitative estimate of drug-likeness (QED) is 0.879. The van der Waals surface area contributed by atoms with Crippen LogP contribution in [0.2, 0.25) is 0 Å². The number of hydrogen-bond acceptors (Lipinski definition) is 4. The van der Waals surface area contributed by atoms with E-state index in [-0.39, 0.29) is 17.5 Å². The minimum atomic E-state index is -0.188. The molecule has 1 amide bonds. The average Bonchev–Trinajstić information content (AvgIpc) is 3.16. The summed E-state index contributed by atoms with van der Waals surface area (Å²) in [6.07, 6.45) is 2.64. The molecule has 3 rings (SSSR count). The molecule has 8 nitrogen and oxygen atoms in total. The maximum absolute atomic E-state index is 12.8. The molecule has 0 saturated carbocycles. The zero-order chi connectivity index (χ0) is 17.3. The number of rotatable bonds is 4. The fourth-order valence-corrected chi connectivity index (χ4v) is 3.46. The summed E-state index contributed by atoms with van der Waals surface area (Å²) in [4.78, 5) is 26.4. The number of hydrogen-bond donors (Lipinski definition) is 2. The summed E-state index contributed by atoms with van der Waals surface area (Å²) in [5.41, 5.74) is 2.24. The highest BCUT2D eigenvalue weighted by atomic mass is 16.2. The van der Waals surface area contributed by atoms with Gasteiger partial charge < -0.3 is 4.90 Å². The molecule has 0 aromatic carbocycles. The van der Waals surface area contributed by atoms with Gasteiger partial charge >= 0.3 is 5.69 Å². The van der Waals surface area contributed by atoms with E-state index in [2.05, 4.69) is 20.4 Å². The van der Waals surface area contributed by atoms with Gasteiger partial charge in [-0.1, -0.05) is 6.92 Å². The Kier molecular flexibility index (Phi) is 4.55. The largest absolute Gasteiger partial charge is 0.343 e. The fourth-order valence-electron chi connectivity index (χ4n) is 3.46. The van der Waals surface area contributed by atoms with E-state index in [0.29, 0.717) is 25.3 Å². The van der Waals surface area contributed by atoms with E-state index in [1.54, 1.807) is 4.57 Å². The third-order valence-electron chi connectivity index (χ3n) is 4.84. The van der Waals surface area contributed by atoms with Crippen molar-refractivity contribution in [3.8, 4) is 0 Å². The van der Waals surface area contributed by atoms with Crippen molar-refractivity contribution >= 4 is 5.91 Å². The molecule has 2 N–H and O–H groups in total. The Bertz CT molecular complexity index is 787. The van der Waals surface area contributed by atoms with Crippen molar-refractivity contribution in [1.82, 2.24) is 29.9 Å². The molecular weight excluding hydrogens is 308 g/mol. The number of aromatic amines is 2. The van der Waals surface area contributed by atoms with Gasteiger partial charge in [-0.15, -0.1) is 0 Å². The molecule has 0 bridgehead atoms. The van der Waals surface area contributed by atoms with Gasteiger partial charge in [0.25, 0.3) is 5.91 Å². The second kappa shape index (κ2) is 6.62. The second-order valence-electron chi connectivity index (χ2n) is 6.25. The minimum Gasteiger partial charge on any atom is -0.337 e. The number of piperidine rings is 1. The molecule has 1 fully saturated rings. The first-order valence-corrected chi connectivity index (χ1v) is 8.55. The van der Waals surface area contributed by atoms with Gasteiger partial charge in [-0.2, -0.15) is 10.2 Å². The molecule has 0 radical (unpaired) electrons. The highest BCUT2D eigenvalue weighted by Crippen LogP contribution is 2.26. The van der Waals surface area contributed by atoms with Gasteiger partial charge in [0, 0.05) is 36.8 Å². The maximum Gasteiger partial charge on any atom is 0.343 e. The zero-order valence-corrected chi connectivity index (χ0v) is 14.4. The van der Waals surface area contributed by atoms with Gasteiger partial charge in [-0.3, -0.25) is 14.5 Å². The maximum atomic E-state index is 12.8. The molecule has 0 unspecified atom stereocenters. The summed E-state index contributed by atoms with van der Waals surface area (Å²) in [6, 6.07) is 0. The minimum absolute atomic E-state index is 0.0471. The Morgan fingerprint density at radius 2 is 2.08 bits per heavy atom. The Labute approximate surface area is 140 Å². The van der Waals surface area contributed by atoms with Crippen molar-refractivity contribution in [3.63, 3.8) is 0 Å². The first-order chi connectivity index (χ1) is 11.6. The number of likely N-dealkylation sites (tertiary alicyclic amines) is 1. The van der Waals surface area contributed by atoms with Crippen LogP contribution >= 0.6 is 0 Å². The Morgan fingerprint density at radius 3 is 2.75 bits per heavy atom. The van der Waals surface area contributed by atoms with Gasteiger partial charge in [-0.05, 0) is 33.1 Å². The van der Waals surface area contributed by atoms with Crippen molar-refractivity contribution in [1.29, 1.82) is 0 Å². The highest BCUT2D eigenvalue weighted by molar-refractivity contribution is 5.94. The van der Waals surface area contributed by atoms with Crippen LogP contribution in [0.1, 0.15) is 60.2 Å². The smallest absolute Gasteiger partial charge is 0.337 e. The van der Waals surface area contributed by atoms with Gasteiger partial charge in [-0.25, -0.2) is 9.89 Å². The summed E-state index contributed by atoms with van der Waals surface area (Å²) in [5, 5.41) is 13.8. The number of carbonyl (C=O) groups is 1. The van der Waals surface area contributed by atoms with Crippen LogP contribution in [-0.4, -0.2) is 48.9 Å². The van der Waals surface area contributed by atoms with Crippen LogP contribution in [0, 0.1) is 6.92 Å². The molecule has 8 heteroatoms. The number of carbonyl (C=O) groups excluding carboxylic acids is 1. The number of nitrogens with one attached hydrogen (secondary N) is 2. The molecule has 0 aliphatic carbocycles. The molecule has 130 valence electrons. The molecule has 2 aromatic rings. The lowest BCUT2D eigenvalue weighted by atomic mass is 9.96. The van der Waals surface area contributed by atoms with E-state index >= 15 is 0 Å². The molecule has 0 spiro atoms. The average molecular weight is 332 g/mol. The number of H-pyrrole nitrogens is 2. The van der Waals surface area contributed by atoms with Crippen LogP contribution in [0.15, 0.2) is 4.79 Å². The van der Waals surface area contributed by atoms with E-state index in [1.165, 1.54) is 0 Å². The molecule has 3 heterocycles. The monoisotopic (exact) mass is 332 g/mol. The topological polar surface area (TPSA) is 99.7 Å². The van der Waals surface area contributed by atoms with Gasteiger partial charge in [0.05, 0.1) is 0 Å². The summed E-state index contributed by atoms with van der Waals surface area (Å²) in [6.45, 7) is 7.74. The Hall–Kier alpha value is -2.38. The van der Waals surface area contributed by atoms with Crippen molar-refractivity contribution < 1.29 is 4.79 Å². The van der Waals surface area contributed by atoms with Crippen LogP contribution in [-0.2, 0) is 13.0 Å². The number of aromatic nitrogens is 5. The van der Waals surface area contributed by atoms with E-state index in [4.69, 9.17) is 0 Å². The Balaban J connectivity index is 1.81. The lowest BCUT2D eigenvalue weighted by Gasteiger charge is -2.32. The molecule has 24 heavy (non-hydrogen) atoms. The van der Waals surface area contributed by atoms with Crippen LogP contribution in [0.5, 0.6) is 0 Å². The number of nitrogens with zero attached hydrogens (tertiary/aromatic N) is 4. The Morgan fingerprint density at radius 1 is 1.29 bits per heavy atom. The van der Waals surface area contributed by atoms with Crippen LogP contribution < -0.4 is 5.69 Å². The van der Waals surface area contributed by atoms with E-state index in [9.17, 15) is 9.59 Å². The third-order valence-corrected chi connectivity index (χ3v) is 4.84. The predicted molar refractivity (Wildman–Crippen MR) is 89.1 cm³/mol. The standard InChI is InChI=1S/C16H24N6O2/c1-4-12-10(3)13(18-17-12)15(23)21-8-6-7-11(9-21)14-19-20-16(24)22(14)5-2/h11H,4-9H2,1-3H3,(H,17,18)(H,20,24)/t11-/m0/s1. The van der Waals surface area contributed by atoms with E-state index in [0.717, 1.165) is 36.3 Å². The molecule has 1 aliphatic heterocycles. The lowest BCUT2D eigenvalue weighted by molar-refractivity contribution is 0.0696. The van der Waals surface area contributed by atoms with E-state index < -0.39 is 0 Å². The van der Waals surface area contributed by atoms with Gasteiger partial charge in [0.1, 0.15) is 5.82 Å². The third kappa shape index (κ3) is 2.76. The normalized spacial score (nSPS) is 18.1. The number of aryl methyl sites for hydroxylation is 1. The van der Waals surface area contributed by atoms with Gasteiger partial charge in [0.15, 0.2) is 5.69 Å². The first kappa shape index (κ1) is 16.5. The highest BCUT2D eigenvalue weighted by Gasteiger charge is 2.30. The van der Waals surface area contributed by atoms with Crippen LogP contribution in [0.4, 0.5) is 0 Å². The van der Waals surface area contributed by atoms with Crippen LogP contribution in [0.3, 0.4) is 0 Å². The van der Waals surface area contributed by atoms with Crippen molar-refractivity contribution in [2.75, 3.05) is 13.1 Å². The summed E-state index contributed by atoms with van der Waals surface area (Å²) in [5.74, 6) is 0.772. The fraction of sp³-hybridized carbons (Fsp3) is 0.625. The SMILES string of the molecule is CCc1[nH]nc(C(=O)N2CCC[C@H](c3n[nH]c(=O)n3CC)C2)c1C.